The van der Waals surface area contributed by atoms with Gasteiger partial charge in [-0.2, -0.15) is 5.10 Å². The minimum Gasteiger partial charge on any atom is -0.302 e. The quantitative estimate of drug-likeness (QED) is 0.698. The molecule has 0 saturated carbocycles. The number of aromatic nitrogens is 3. The predicted molar refractivity (Wildman–Crippen MR) is 90.8 cm³/mol. The van der Waals surface area contributed by atoms with Gasteiger partial charge in [0.1, 0.15) is 0 Å². The van der Waals surface area contributed by atoms with Crippen LogP contribution in [0.5, 0.6) is 0 Å². The van der Waals surface area contributed by atoms with Gasteiger partial charge in [0.2, 0.25) is 0 Å². The molecule has 0 aliphatic rings. The average Bonchev–Trinajstić information content (AvgIpc) is 2.99. The molecule has 114 valence electrons. The van der Waals surface area contributed by atoms with Crippen molar-refractivity contribution in [1.29, 1.82) is 0 Å². The molecule has 0 amide bonds. The zero-order valence-corrected chi connectivity index (χ0v) is 13.2. The summed E-state index contributed by atoms with van der Waals surface area (Å²) in [5.41, 5.74) is 3.51. The molecule has 2 aromatic heterocycles. The number of rotatable bonds is 6. The molecule has 0 N–H and O–H groups in total. The summed E-state index contributed by atoms with van der Waals surface area (Å²) in [5.74, 6) is 0. The third-order valence-corrected chi connectivity index (χ3v) is 4.16. The Morgan fingerprint density at radius 1 is 1.05 bits per heavy atom. The fraction of sp³-hybridized carbons (Fsp3) is 0.333. The van der Waals surface area contributed by atoms with Gasteiger partial charge in [0.05, 0.1) is 18.3 Å². The summed E-state index contributed by atoms with van der Waals surface area (Å²) in [7, 11) is 0. The molecular formula is C18H22N4. The molecule has 0 saturated heterocycles. The number of hydrogen-bond acceptors (Lipinski definition) is 3. The summed E-state index contributed by atoms with van der Waals surface area (Å²) < 4.78 is 2.10. The van der Waals surface area contributed by atoms with Crippen molar-refractivity contribution in [3.8, 4) is 11.1 Å². The Morgan fingerprint density at radius 2 is 1.91 bits per heavy atom. The Kier molecular flexibility index (Phi) is 4.49. The van der Waals surface area contributed by atoms with Gasteiger partial charge in [-0.15, -0.1) is 0 Å². The lowest BCUT2D eigenvalue weighted by molar-refractivity contribution is 0.287. The van der Waals surface area contributed by atoms with Crippen LogP contribution in [0.15, 0.2) is 48.9 Å². The summed E-state index contributed by atoms with van der Waals surface area (Å²) in [6, 6.07) is 10.5. The number of benzene rings is 1. The monoisotopic (exact) mass is 294 g/mol. The second-order valence-corrected chi connectivity index (χ2v) is 5.41. The predicted octanol–water partition coefficient (Wildman–Crippen LogP) is 3.44. The van der Waals surface area contributed by atoms with Crippen LogP contribution in [0.3, 0.4) is 0 Å². The molecule has 0 bridgehead atoms. The van der Waals surface area contributed by atoms with Gasteiger partial charge in [0.15, 0.2) is 0 Å². The van der Waals surface area contributed by atoms with Crippen LogP contribution >= 0.6 is 0 Å². The van der Waals surface area contributed by atoms with Crippen molar-refractivity contribution in [3.63, 3.8) is 0 Å². The van der Waals surface area contributed by atoms with E-state index in [0.717, 1.165) is 31.7 Å². The highest BCUT2D eigenvalue weighted by Gasteiger charge is 2.07. The van der Waals surface area contributed by atoms with Crippen LogP contribution in [0.1, 0.15) is 13.8 Å². The number of fused-ring (bicyclic) bond motifs is 1. The van der Waals surface area contributed by atoms with E-state index in [4.69, 9.17) is 0 Å². The van der Waals surface area contributed by atoms with E-state index in [-0.39, 0.29) is 0 Å². The number of pyridine rings is 1. The maximum absolute atomic E-state index is 4.55. The fourth-order valence-corrected chi connectivity index (χ4v) is 2.74. The Balaban J connectivity index is 1.89. The first-order valence-electron chi connectivity index (χ1n) is 7.90. The highest BCUT2D eigenvalue weighted by Crippen LogP contribution is 2.23. The van der Waals surface area contributed by atoms with E-state index in [0.29, 0.717) is 0 Å². The van der Waals surface area contributed by atoms with Crippen LogP contribution in [-0.2, 0) is 6.54 Å². The van der Waals surface area contributed by atoms with Crippen molar-refractivity contribution in [2.45, 2.75) is 20.4 Å². The Bertz CT molecular complexity index is 729. The third kappa shape index (κ3) is 3.02. The lowest BCUT2D eigenvalue weighted by Crippen LogP contribution is -2.27. The highest BCUT2D eigenvalue weighted by atomic mass is 15.3. The standard InChI is InChI=1S/C18H22N4/c1-3-21(4-2)10-11-22-18-12-15(7-8-17(18)14-20-22)16-6-5-9-19-13-16/h5-9,12-14H,3-4,10-11H2,1-2H3. The molecular weight excluding hydrogens is 272 g/mol. The number of nitrogens with zero attached hydrogens (tertiary/aromatic N) is 4. The van der Waals surface area contributed by atoms with Gasteiger partial charge in [0, 0.05) is 29.9 Å². The minimum absolute atomic E-state index is 0.918. The summed E-state index contributed by atoms with van der Waals surface area (Å²) in [4.78, 5) is 6.62. The van der Waals surface area contributed by atoms with Crippen LogP contribution in [0.2, 0.25) is 0 Å². The molecule has 0 spiro atoms. The van der Waals surface area contributed by atoms with Crippen LogP contribution < -0.4 is 0 Å². The molecule has 0 unspecified atom stereocenters. The van der Waals surface area contributed by atoms with Crippen molar-refractivity contribution in [2.75, 3.05) is 19.6 Å². The summed E-state index contributed by atoms with van der Waals surface area (Å²) in [6.07, 6.45) is 5.65. The van der Waals surface area contributed by atoms with Gasteiger partial charge in [-0.25, -0.2) is 0 Å². The Labute approximate surface area is 131 Å². The van der Waals surface area contributed by atoms with Crippen molar-refractivity contribution in [3.05, 3.63) is 48.9 Å². The van der Waals surface area contributed by atoms with Crippen LogP contribution in [0.4, 0.5) is 0 Å². The number of hydrogen-bond donors (Lipinski definition) is 0. The topological polar surface area (TPSA) is 34.0 Å². The van der Waals surface area contributed by atoms with Gasteiger partial charge in [-0.05, 0) is 30.8 Å². The smallest absolute Gasteiger partial charge is 0.0689 e. The number of likely N-dealkylation sites (N-methyl/N-ethyl adjacent to an activating group) is 1. The van der Waals surface area contributed by atoms with Crippen LogP contribution in [-0.4, -0.2) is 39.3 Å². The highest BCUT2D eigenvalue weighted by molar-refractivity contribution is 5.84. The van der Waals surface area contributed by atoms with Gasteiger partial charge in [-0.3, -0.25) is 9.67 Å². The van der Waals surface area contributed by atoms with Gasteiger partial charge in [0.25, 0.3) is 0 Å². The normalized spacial score (nSPS) is 11.4. The molecule has 0 fully saturated rings. The van der Waals surface area contributed by atoms with E-state index < -0.39 is 0 Å². The van der Waals surface area contributed by atoms with E-state index in [1.807, 2.05) is 18.5 Å². The van der Waals surface area contributed by atoms with E-state index >= 15 is 0 Å². The molecule has 2 heterocycles. The third-order valence-electron chi connectivity index (χ3n) is 4.16. The lowest BCUT2D eigenvalue weighted by atomic mass is 10.1. The minimum atomic E-state index is 0.918. The first-order valence-corrected chi connectivity index (χ1v) is 7.90. The first kappa shape index (κ1) is 14.7. The van der Waals surface area contributed by atoms with E-state index in [2.05, 4.69) is 57.8 Å². The van der Waals surface area contributed by atoms with Crippen molar-refractivity contribution in [1.82, 2.24) is 19.7 Å². The average molecular weight is 294 g/mol. The molecule has 0 atom stereocenters. The molecule has 3 rings (SSSR count). The Morgan fingerprint density at radius 3 is 2.64 bits per heavy atom. The van der Waals surface area contributed by atoms with E-state index in [9.17, 15) is 0 Å². The second-order valence-electron chi connectivity index (χ2n) is 5.41. The van der Waals surface area contributed by atoms with Gasteiger partial charge >= 0.3 is 0 Å². The zero-order valence-electron chi connectivity index (χ0n) is 13.2. The molecule has 4 heteroatoms. The lowest BCUT2D eigenvalue weighted by Gasteiger charge is -2.18. The molecule has 1 aromatic carbocycles. The molecule has 0 aliphatic carbocycles. The summed E-state index contributed by atoms with van der Waals surface area (Å²) in [5, 5.41) is 5.73. The second kappa shape index (κ2) is 6.71. The maximum Gasteiger partial charge on any atom is 0.0689 e. The molecule has 3 aromatic rings. The summed E-state index contributed by atoms with van der Waals surface area (Å²) in [6.45, 7) is 8.51. The SMILES string of the molecule is CCN(CC)CCn1ncc2ccc(-c3cccnc3)cc21. The van der Waals surface area contributed by atoms with Crippen LogP contribution in [0.25, 0.3) is 22.0 Å². The molecule has 0 radical (unpaired) electrons. The molecule has 22 heavy (non-hydrogen) atoms. The largest absolute Gasteiger partial charge is 0.302 e. The first-order chi connectivity index (χ1) is 10.8. The zero-order chi connectivity index (χ0) is 15.4. The van der Waals surface area contributed by atoms with Gasteiger partial charge in [-0.1, -0.05) is 32.0 Å². The van der Waals surface area contributed by atoms with Crippen molar-refractivity contribution < 1.29 is 0 Å². The van der Waals surface area contributed by atoms with E-state index in [1.54, 1.807) is 6.20 Å². The Hall–Kier alpha value is -2.20. The van der Waals surface area contributed by atoms with Gasteiger partial charge < -0.3 is 4.90 Å². The van der Waals surface area contributed by atoms with E-state index in [1.165, 1.54) is 16.5 Å². The summed E-state index contributed by atoms with van der Waals surface area (Å²) >= 11 is 0. The van der Waals surface area contributed by atoms with Crippen LogP contribution in [0, 0.1) is 0 Å². The maximum atomic E-state index is 4.55. The van der Waals surface area contributed by atoms with Crippen molar-refractivity contribution >= 4 is 10.9 Å². The molecule has 0 aliphatic heterocycles. The van der Waals surface area contributed by atoms with Crippen molar-refractivity contribution in [2.24, 2.45) is 0 Å². The fourth-order valence-electron chi connectivity index (χ4n) is 2.74. The molecule has 4 nitrogen and oxygen atoms in total.